The Bertz CT molecular complexity index is 495. The second kappa shape index (κ2) is 2.92. The molecule has 2 aromatic rings. The van der Waals surface area contributed by atoms with Crippen LogP contribution in [0.3, 0.4) is 0 Å². The summed E-state index contributed by atoms with van der Waals surface area (Å²) in [5, 5.41) is 0. The summed E-state index contributed by atoms with van der Waals surface area (Å²) >= 11 is 0. The first-order valence-corrected chi connectivity index (χ1v) is 5.14. The monoisotopic (exact) mass is 198 g/mol. The third kappa shape index (κ3) is 1.27. The lowest BCUT2D eigenvalue weighted by atomic mass is 10.1. The summed E-state index contributed by atoms with van der Waals surface area (Å²) < 4.78 is 0. The Morgan fingerprint density at radius 3 is 1.67 bits per heavy atom. The molecule has 74 valence electrons. The van der Waals surface area contributed by atoms with Crippen molar-refractivity contribution in [2.45, 2.75) is 6.42 Å². The molecule has 0 radical (unpaired) electrons. The van der Waals surface area contributed by atoms with Crippen LogP contribution in [0.5, 0.6) is 0 Å². The topological polar surface area (TPSA) is 55.3 Å². The molecule has 1 aliphatic carbocycles. The van der Waals surface area contributed by atoms with Gasteiger partial charge in [0.15, 0.2) is 0 Å². The van der Waals surface area contributed by atoms with Gasteiger partial charge in [-0.2, -0.15) is 0 Å². The minimum Gasteiger partial charge on any atom is -0.325 e. The quantitative estimate of drug-likeness (QED) is 0.541. The molecule has 0 saturated carbocycles. The molecule has 3 rings (SSSR count). The van der Waals surface area contributed by atoms with Crippen LogP contribution in [0.15, 0.2) is 36.4 Å². The molecule has 0 spiro atoms. The van der Waals surface area contributed by atoms with E-state index in [2.05, 4.69) is 47.9 Å². The van der Waals surface area contributed by atoms with Gasteiger partial charge in [-0.15, -0.1) is 0 Å². The van der Waals surface area contributed by atoms with E-state index in [0.29, 0.717) is 0 Å². The number of hydrogen-bond acceptors (Lipinski definition) is 0. The lowest BCUT2D eigenvalue weighted by Crippen LogP contribution is -2.40. The lowest BCUT2D eigenvalue weighted by molar-refractivity contribution is -0.255. The van der Waals surface area contributed by atoms with Gasteiger partial charge in [0, 0.05) is 12.1 Å². The van der Waals surface area contributed by atoms with E-state index in [-0.39, 0.29) is 0 Å². The molecule has 0 aromatic heterocycles. The molecule has 0 heterocycles. The first kappa shape index (κ1) is 8.65. The Morgan fingerprint density at radius 1 is 0.733 bits per heavy atom. The normalized spacial score (nSPS) is 12.4. The van der Waals surface area contributed by atoms with E-state index >= 15 is 0 Å². The van der Waals surface area contributed by atoms with Crippen molar-refractivity contribution in [2.75, 3.05) is 0 Å². The van der Waals surface area contributed by atoms with E-state index in [1.165, 1.54) is 22.3 Å². The smallest absolute Gasteiger partial charge is 0.128 e. The summed E-state index contributed by atoms with van der Waals surface area (Å²) in [6.07, 6.45) is 1.03. The minimum atomic E-state index is 1.03. The van der Waals surface area contributed by atoms with Crippen LogP contribution < -0.4 is 11.5 Å². The molecule has 0 atom stereocenters. The third-order valence-corrected chi connectivity index (χ3v) is 3.01. The maximum Gasteiger partial charge on any atom is 0.128 e. The molecule has 0 fully saturated rings. The molecule has 0 bridgehead atoms. The molecule has 0 aliphatic heterocycles. The highest BCUT2D eigenvalue weighted by Gasteiger charge is 2.19. The van der Waals surface area contributed by atoms with Gasteiger partial charge >= 0.3 is 0 Å². The van der Waals surface area contributed by atoms with Gasteiger partial charge < -0.3 is 11.5 Å². The van der Waals surface area contributed by atoms with Crippen molar-refractivity contribution in [2.24, 2.45) is 0 Å². The van der Waals surface area contributed by atoms with Gasteiger partial charge in [-0.05, 0) is 52.9 Å². The molecule has 15 heavy (non-hydrogen) atoms. The molecule has 0 saturated heterocycles. The summed E-state index contributed by atoms with van der Waals surface area (Å²) in [4.78, 5) is 0. The van der Waals surface area contributed by atoms with Crippen molar-refractivity contribution in [3.63, 3.8) is 0 Å². The number of hydrogen-bond donors (Lipinski definition) is 2. The van der Waals surface area contributed by atoms with E-state index in [1.807, 2.05) is 0 Å². The Morgan fingerprint density at radius 2 is 1.20 bits per heavy atom. The summed E-state index contributed by atoms with van der Waals surface area (Å²) in [6, 6.07) is 12.9. The third-order valence-electron chi connectivity index (χ3n) is 3.01. The zero-order valence-electron chi connectivity index (χ0n) is 8.59. The zero-order chi connectivity index (χ0) is 10.4. The summed E-state index contributed by atoms with van der Waals surface area (Å²) in [7, 11) is 0. The van der Waals surface area contributed by atoms with Gasteiger partial charge in [0.2, 0.25) is 0 Å². The fraction of sp³-hybridized carbons (Fsp3) is 0.0769. The number of fused-ring (bicyclic) bond motifs is 3. The number of rotatable bonds is 0. The fourth-order valence-electron chi connectivity index (χ4n) is 2.32. The highest BCUT2D eigenvalue weighted by atomic mass is 14.6. The second-order valence-corrected chi connectivity index (χ2v) is 4.16. The molecular weight excluding hydrogens is 184 g/mol. The van der Waals surface area contributed by atoms with Gasteiger partial charge in [0.25, 0.3) is 0 Å². The Hall–Kier alpha value is -1.64. The summed E-state index contributed by atoms with van der Waals surface area (Å²) in [5.74, 6) is 0. The number of quaternary nitrogens is 2. The predicted molar refractivity (Wildman–Crippen MR) is 59.8 cm³/mol. The lowest BCUT2D eigenvalue weighted by Gasteiger charge is -1.99. The molecule has 6 N–H and O–H groups in total. The SMILES string of the molecule is [NH3+]c1ccc2c(c1)Cc1cc([NH3+])ccc1-2. The first-order chi connectivity index (χ1) is 7.24. The predicted octanol–water partition coefficient (Wildman–Crippen LogP) is 1.00. The van der Waals surface area contributed by atoms with Crippen LogP contribution in [0.1, 0.15) is 11.1 Å². The second-order valence-electron chi connectivity index (χ2n) is 4.16. The molecule has 2 nitrogen and oxygen atoms in total. The largest absolute Gasteiger partial charge is 0.325 e. The van der Waals surface area contributed by atoms with Gasteiger partial charge in [-0.3, -0.25) is 0 Å². The van der Waals surface area contributed by atoms with Crippen LogP contribution >= 0.6 is 0 Å². The summed E-state index contributed by atoms with van der Waals surface area (Å²) in [5.41, 5.74) is 15.6. The molecule has 2 aromatic carbocycles. The Balaban J connectivity index is 2.24. The molecule has 0 unspecified atom stereocenters. The van der Waals surface area contributed by atoms with Crippen LogP contribution in [0.25, 0.3) is 11.1 Å². The molecular formula is C13H14N2+2. The maximum atomic E-state index is 3.97. The molecule has 2 heteroatoms. The average Bonchev–Trinajstić information content (AvgIpc) is 2.53. The van der Waals surface area contributed by atoms with Crippen molar-refractivity contribution in [3.05, 3.63) is 47.5 Å². The van der Waals surface area contributed by atoms with E-state index in [0.717, 1.165) is 17.8 Å². The first-order valence-electron chi connectivity index (χ1n) is 5.14. The average molecular weight is 198 g/mol. The van der Waals surface area contributed by atoms with Crippen molar-refractivity contribution in [1.82, 2.24) is 0 Å². The van der Waals surface area contributed by atoms with Crippen molar-refractivity contribution in [3.8, 4) is 11.1 Å². The Labute approximate surface area is 88.5 Å². The van der Waals surface area contributed by atoms with E-state index in [9.17, 15) is 0 Å². The standard InChI is InChI=1S/C13H12N2/c14-10-1-3-12-8(6-10)5-9-7-11(15)2-4-13(9)12/h1-4,6-7H,5,14-15H2/p+2. The molecule has 1 aliphatic rings. The maximum absolute atomic E-state index is 3.97. The van der Waals surface area contributed by atoms with Crippen molar-refractivity contribution in [1.29, 1.82) is 0 Å². The van der Waals surface area contributed by atoms with Gasteiger partial charge in [0.1, 0.15) is 11.4 Å². The van der Waals surface area contributed by atoms with Crippen molar-refractivity contribution < 1.29 is 11.5 Å². The molecule has 0 amide bonds. The van der Waals surface area contributed by atoms with Crippen LogP contribution in [0.2, 0.25) is 0 Å². The highest BCUT2D eigenvalue weighted by molar-refractivity contribution is 5.78. The van der Waals surface area contributed by atoms with E-state index < -0.39 is 0 Å². The highest BCUT2D eigenvalue weighted by Crippen LogP contribution is 2.37. The van der Waals surface area contributed by atoms with E-state index in [1.54, 1.807) is 0 Å². The van der Waals surface area contributed by atoms with Crippen molar-refractivity contribution >= 4 is 11.4 Å². The fourth-order valence-corrected chi connectivity index (χ4v) is 2.32. The van der Waals surface area contributed by atoms with Gasteiger partial charge in [0.05, 0.1) is 0 Å². The van der Waals surface area contributed by atoms with Crippen LogP contribution in [0, 0.1) is 0 Å². The van der Waals surface area contributed by atoms with Crippen LogP contribution in [-0.2, 0) is 6.42 Å². The number of benzene rings is 2. The minimum absolute atomic E-state index is 1.03. The van der Waals surface area contributed by atoms with Gasteiger partial charge in [-0.1, -0.05) is 0 Å². The Kier molecular flexibility index (Phi) is 1.69. The van der Waals surface area contributed by atoms with Gasteiger partial charge in [-0.25, -0.2) is 0 Å². The van der Waals surface area contributed by atoms with Crippen LogP contribution in [0.4, 0.5) is 11.4 Å². The van der Waals surface area contributed by atoms with Crippen LogP contribution in [-0.4, -0.2) is 0 Å². The summed E-state index contributed by atoms with van der Waals surface area (Å²) in [6.45, 7) is 0. The zero-order valence-corrected chi connectivity index (χ0v) is 8.59. The van der Waals surface area contributed by atoms with E-state index in [4.69, 9.17) is 0 Å².